The Morgan fingerprint density at radius 1 is 1.06 bits per heavy atom. The first kappa shape index (κ1) is 24.0. The molecule has 1 aliphatic heterocycles. The Bertz CT molecular complexity index is 1250. The van der Waals surface area contributed by atoms with Crippen molar-refractivity contribution in [1.82, 2.24) is 13.9 Å². The minimum atomic E-state index is -4.64. The normalized spacial score (nSPS) is 15.9. The highest BCUT2D eigenvalue weighted by Gasteiger charge is 2.35. The molecule has 0 unspecified atom stereocenters. The van der Waals surface area contributed by atoms with Crippen LogP contribution in [0.15, 0.2) is 71.9 Å². The molecule has 7 nitrogen and oxygen atoms in total. The van der Waals surface area contributed by atoms with Crippen LogP contribution in [-0.2, 0) is 27.5 Å². The first-order valence-corrected chi connectivity index (χ1v) is 12.1. The number of aromatic nitrogens is 2. The quantitative estimate of drug-likeness (QED) is 0.564. The highest BCUT2D eigenvalue weighted by Crippen LogP contribution is 2.32. The van der Waals surface area contributed by atoms with Crippen LogP contribution in [0.25, 0.3) is 0 Å². The number of hydrogen-bond acceptors (Lipinski definition) is 4. The van der Waals surface area contributed by atoms with Crippen molar-refractivity contribution in [3.8, 4) is 0 Å². The van der Waals surface area contributed by atoms with E-state index in [2.05, 4.69) is 10.3 Å². The number of halogens is 3. The van der Waals surface area contributed by atoms with E-state index in [4.69, 9.17) is 0 Å². The molecule has 1 amide bonds. The third-order valence-electron chi connectivity index (χ3n) is 5.77. The van der Waals surface area contributed by atoms with Crippen LogP contribution < -0.4 is 5.32 Å². The molecule has 2 heterocycles. The van der Waals surface area contributed by atoms with E-state index in [1.165, 1.54) is 0 Å². The van der Waals surface area contributed by atoms with Gasteiger partial charge in [0.15, 0.2) is 0 Å². The van der Waals surface area contributed by atoms with Crippen LogP contribution in [0.3, 0.4) is 0 Å². The van der Waals surface area contributed by atoms with Gasteiger partial charge in [0.25, 0.3) is 0 Å². The molecule has 0 saturated carbocycles. The number of nitrogens with zero attached hydrogens (tertiary/aromatic N) is 3. The van der Waals surface area contributed by atoms with Crippen molar-refractivity contribution in [2.45, 2.75) is 30.5 Å². The predicted molar refractivity (Wildman–Crippen MR) is 119 cm³/mol. The topological polar surface area (TPSA) is 84.3 Å². The van der Waals surface area contributed by atoms with Gasteiger partial charge in [-0.05, 0) is 36.6 Å². The molecular weight excluding hydrogens is 469 g/mol. The highest BCUT2D eigenvalue weighted by atomic mass is 32.2. The number of imidazole rings is 1. The van der Waals surface area contributed by atoms with Crippen LogP contribution in [0.2, 0.25) is 0 Å². The number of piperidine rings is 1. The molecule has 180 valence electrons. The van der Waals surface area contributed by atoms with E-state index in [1.807, 2.05) is 30.3 Å². The predicted octanol–water partition coefficient (Wildman–Crippen LogP) is 3.99. The van der Waals surface area contributed by atoms with E-state index in [0.717, 1.165) is 28.1 Å². The van der Waals surface area contributed by atoms with Gasteiger partial charge >= 0.3 is 6.18 Å². The Labute approximate surface area is 195 Å². The fourth-order valence-corrected chi connectivity index (χ4v) is 5.41. The average Bonchev–Trinajstić information content (AvgIpc) is 3.25. The third-order valence-corrected chi connectivity index (χ3v) is 7.66. The number of amides is 1. The number of nitrogens with one attached hydrogen (secondary N) is 1. The molecule has 2 aromatic carbocycles. The minimum Gasteiger partial charge on any atom is -0.313 e. The largest absolute Gasteiger partial charge is 0.416 e. The summed E-state index contributed by atoms with van der Waals surface area (Å²) in [6, 6.07) is 13.4. The SMILES string of the molecule is O=C(Nc1nccn1Cc1ccccc1)C1CCN(S(=O)(=O)c2cccc(C(F)(F)F)c2)CC1. The van der Waals surface area contributed by atoms with Crippen LogP contribution in [-0.4, -0.2) is 41.3 Å². The van der Waals surface area contributed by atoms with Crippen molar-refractivity contribution in [1.29, 1.82) is 0 Å². The van der Waals surface area contributed by atoms with Crippen molar-refractivity contribution in [3.05, 3.63) is 78.1 Å². The lowest BCUT2D eigenvalue weighted by atomic mass is 9.97. The van der Waals surface area contributed by atoms with Gasteiger partial charge in [0.2, 0.25) is 21.9 Å². The maximum atomic E-state index is 13.0. The number of rotatable bonds is 6. The van der Waals surface area contributed by atoms with Crippen LogP contribution >= 0.6 is 0 Å². The molecule has 1 N–H and O–H groups in total. The first-order chi connectivity index (χ1) is 16.1. The summed E-state index contributed by atoms with van der Waals surface area (Å²) in [6.07, 6.45) is -0.786. The Morgan fingerprint density at radius 3 is 2.44 bits per heavy atom. The fourth-order valence-electron chi connectivity index (χ4n) is 3.89. The second-order valence-corrected chi connectivity index (χ2v) is 10.00. The second kappa shape index (κ2) is 9.59. The van der Waals surface area contributed by atoms with Crippen LogP contribution in [0.5, 0.6) is 0 Å². The van der Waals surface area contributed by atoms with Gasteiger partial charge in [-0.2, -0.15) is 17.5 Å². The summed E-state index contributed by atoms with van der Waals surface area (Å²) >= 11 is 0. The zero-order valence-electron chi connectivity index (χ0n) is 18.1. The zero-order chi connectivity index (χ0) is 24.3. The number of carbonyl (C=O) groups excluding carboxylic acids is 1. The summed E-state index contributed by atoms with van der Waals surface area (Å²) in [6.45, 7) is 0.606. The lowest BCUT2D eigenvalue weighted by molar-refractivity contribution is -0.137. The Morgan fingerprint density at radius 2 is 1.76 bits per heavy atom. The van der Waals surface area contributed by atoms with Crippen LogP contribution in [0.4, 0.5) is 19.1 Å². The summed E-state index contributed by atoms with van der Waals surface area (Å²) in [4.78, 5) is 16.6. The van der Waals surface area contributed by atoms with Crippen molar-refractivity contribution in [3.63, 3.8) is 0 Å². The van der Waals surface area contributed by atoms with E-state index in [-0.39, 0.29) is 31.8 Å². The number of sulfonamides is 1. The maximum absolute atomic E-state index is 13.0. The van der Waals surface area contributed by atoms with Gasteiger partial charge in [-0.1, -0.05) is 36.4 Å². The second-order valence-electron chi connectivity index (χ2n) is 8.06. The molecule has 1 fully saturated rings. The lowest BCUT2D eigenvalue weighted by Crippen LogP contribution is -2.41. The molecule has 1 saturated heterocycles. The molecule has 3 aromatic rings. The minimum absolute atomic E-state index is 0.0368. The molecule has 11 heteroatoms. The number of carbonyl (C=O) groups is 1. The van der Waals surface area contributed by atoms with Crippen LogP contribution in [0, 0.1) is 5.92 Å². The van der Waals surface area contributed by atoms with Crippen molar-refractivity contribution >= 4 is 21.9 Å². The summed E-state index contributed by atoms with van der Waals surface area (Å²) in [5, 5.41) is 2.81. The summed E-state index contributed by atoms with van der Waals surface area (Å²) in [5.41, 5.74) is 0.0259. The molecule has 0 radical (unpaired) electrons. The molecule has 0 atom stereocenters. The summed E-state index contributed by atoms with van der Waals surface area (Å²) < 4.78 is 67.6. The molecule has 1 aliphatic rings. The Hall–Kier alpha value is -3.18. The number of hydrogen-bond donors (Lipinski definition) is 1. The fraction of sp³-hybridized carbons (Fsp3) is 0.304. The molecule has 1 aromatic heterocycles. The van der Waals surface area contributed by atoms with E-state index in [0.29, 0.717) is 18.6 Å². The van der Waals surface area contributed by atoms with Crippen molar-refractivity contribution in [2.75, 3.05) is 18.4 Å². The summed E-state index contributed by atoms with van der Waals surface area (Å²) in [7, 11) is -4.10. The van der Waals surface area contributed by atoms with Gasteiger partial charge in [0.1, 0.15) is 0 Å². The smallest absolute Gasteiger partial charge is 0.313 e. The van der Waals surface area contributed by atoms with Gasteiger partial charge in [0.05, 0.1) is 17.0 Å². The van der Waals surface area contributed by atoms with Crippen molar-refractivity contribution in [2.24, 2.45) is 5.92 Å². The molecule has 4 rings (SSSR count). The number of anilines is 1. The van der Waals surface area contributed by atoms with Crippen molar-refractivity contribution < 1.29 is 26.4 Å². The number of alkyl halides is 3. The van der Waals surface area contributed by atoms with E-state index < -0.39 is 32.6 Å². The maximum Gasteiger partial charge on any atom is 0.416 e. The molecule has 34 heavy (non-hydrogen) atoms. The molecule has 0 bridgehead atoms. The first-order valence-electron chi connectivity index (χ1n) is 10.7. The summed E-state index contributed by atoms with van der Waals surface area (Å²) in [5.74, 6) is -0.306. The standard InChI is InChI=1S/C23H23F3N4O3S/c24-23(25,26)19-7-4-8-20(15-19)34(32,33)30-12-9-18(10-13-30)21(31)28-22-27-11-14-29(22)16-17-5-2-1-3-6-17/h1-8,11,14-15,18H,9-10,12-13,16H2,(H,27,28,31). The third kappa shape index (κ3) is 5.31. The Kier molecular flexibility index (Phi) is 6.76. The molecule has 0 spiro atoms. The van der Waals surface area contributed by atoms with E-state index in [1.54, 1.807) is 17.0 Å². The highest BCUT2D eigenvalue weighted by molar-refractivity contribution is 7.89. The van der Waals surface area contributed by atoms with Gasteiger partial charge in [-0.25, -0.2) is 13.4 Å². The van der Waals surface area contributed by atoms with Gasteiger partial charge < -0.3 is 4.57 Å². The average molecular weight is 493 g/mol. The lowest BCUT2D eigenvalue weighted by Gasteiger charge is -2.30. The van der Waals surface area contributed by atoms with Gasteiger partial charge in [-0.3, -0.25) is 10.1 Å². The van der Waals surface area contributed by atoms with E-state index >= 15 is 0 Å². The van der Waals surface area contributed by atoms with E-state index in [9.17, 15) is 26.4 Å². The van der Waals surface area contributed by atoms with Gasteiger partial charge in [0, 0.05) is 31.4 Å². The Balaban J connectivity index is 1.38. The van der Waals surface area contributed by atoms with Crippen LogP contribution in [0.1, 0.15) is 24.0 Å². The molecular formula is C23H23F3N4O3S. The van der Waals surface area contributed by atoms with Gasteiger partial charge in [-0.15, -0.1) is 0 Å². The zero-order valence-corrected chi connectivity index (χ0v) is 18.9. The monoisotopic (exact) mass is 492 g/mol. The number of benzene rings is 2. The molecule has 0 aliphatic carbocycles.